The van der Waals surface area contributed by atoms with Crippen molar-refractivity contribution in [3.05, 3.63) is 29.8 Å². The molecule has 0 bridgehead atoms. The van der Waals surface area contributed by atoms with E-state index in [2.05, 4.69) is 38.1 Å². The van der Waals surface area contributed by atoms with Crippen LogP contribution in [0, 0.1) is 11.8 Å². The largest absolute Gasteiger partial charge is 0.493 e. The zero-order valence-electron chi connectivity index (χ0n) is 12.2. The monoisotopic (exact) mass is 262 g/mol. The lowest BCUT2D eigenvalue weighted by Crippen LogP contribution is -2.36. The molecule has 1 aromatic carbocycles. The van der Waals surface area contributed by atoms with Gasteiger partial charge < -0.3 is 9.47 Å². The molecule has 0 saturated carbocycles. The predicted molar refractivity (Wildman–Crippen MR) is 78.6 cm³/mol. The molecule has 2 rings (SSSR count). The summed E-state index contributed by atoms with van der Waals surface area (Å²) in [6.45, 7) is 7.13. The summed E-state index contributed by atoms with van der Waals surface area (Å²) in [5, 5.41) is 0. The Morgan fingerprint density at radius 1 is 1.26 bits per heavy atom. The molecule has 1 aliphatic heterocycles. The fourth-order valence-corrected chi connectivity index (χ4v) is 2.53. The minimum Gasteiger partial charge on any atom is -0.493 e. The average molecular weight is 262 g/mol. The molecule has 1 saturated heterocycles. The van der Waals surface area contributed by atoms with Crippen LogP contribution < -0.4 is 4.74 Å². The first-order chi connectivity index (χ1) is 9.35. The molecule has 1 aromatic rings. The minimum absolute atomic E-state index is 0.632. The normalized spacial score (nSPS) is 16.9. The summed E-state index contributed by atoms with van der Waals surface area (Å²) in [4.78, 5) is 0. The van der Waals surface area contributed by atoms with Gasteiger partial charge in [-0.05, 0) is 36.8 Å². The predicted octanol–water partition coefficient (Wildman–Crippen LogP) is 4.08. The number of rotatable bonds is 8. The molecule has 0 aliphatic carbocycles. The molecule has 1 heterocycles. The Balaban J connectivity index is 1.90. The number of hydrogen-bond acceptors (Lipinski definition) is 2. The Labute approximate surface area is 117 Å². The zero-order valence-corrected chi connectivity index (χ0v) is 12.2. The van der Waals surface area contributed by atoms with Crippen LogP contribution in [0.3, 0.4) is 0 Å². The molecule has 19 heavy (non-hydrogen) atoms. The molecular formula is C17H26O2. The van der Waals surface area contributed by atoms with Crippen LogP contribution in [0.1, 0.15) is 38.7 Å². The van der Waals surface area contributed by atoms with Crippen molar-refractivity contribution in [1.29, 1.82) is 0 Å². The van der Waals surface area contributed by atoms with Gasteiger partial charge in [-0.3, -0.25) is 0 Å². The second-order valence-electron chi connectivity index (χ2n) is 5.49. The molecule has 0 spiro atoms. The quantitative estimate of drug-likeness (QED) is 0.703. The van der Waals surface area contributed by atoms with Gasteiger partial charge in [-0.25, -0.2) is 0 Å². The maximum Gasteiger partial charge on any atom is 0.122 e. The molecule has 106 valence electrons. The third-order valence-electron chi connectivity index (χ3n) is 4.08. The second kappa shape index (κ2) is 7.54. The lowest BCUT2D eigenvalue weighted by Gasteiger charge is -2.33. The Morgan fingerprint density at radius 2 is 2.05 bits per heavy atom. The second-order valence-corrected chi connectivity index (χ2v) is 5.49. The van der Waals surface area contributed by atoms with Crippen molar-refractivity contribution in [2.45, 2.75) is 39.5 Å². The third-order valence-corrected chi connectivity index (χ3v) is 4.08. The number of para-hydroxylation sites is 1. The summed E-state index contributed by atoms with van der Waals surface area (Å²) in [6.07, 6.45) is 4.75. The van der Waals surface area contributed by atoms with E-state index in [1.165, 1.54) is 24.8 Å². The van der Waals surface area contributed by atoms with E-state index in [0.29, 0.717) is 11.8 Å². The van der Waals surface area contributed by atoms with Crippen molar-refractivity contribution in [2.75, 3.05) is 19.8 Å². The Hall–Kier alpha value is -1.02. The van der Waals surface area contributed by atoms with Crippen LogP contribution in [-0.2, 0) is 11.2 Å². The molecule has 2 nitrogen and oxygen atoms in total. The number of hydrogen-bond donors (Lipinski definition) is 0. The first-order valence-electron chi connectivity index (χ1n) is 7.63. The number of unbranched alkanes of at least 4 members (excludes halogenated alkanes) is 1. The topological polar surface area (TPSA) is 18.5 Å². The van der Waals surface area contributed by atoms with E-state index < -0.39 is 0 Å². The van der Waals surface area contributed by atoms with E-state index in [1.807, 2.05) is 0 Å². The van der Waals surface area contributed by atoms with Crippen LogP contribution in [0.5, 0.6) is 5.75 Å². The molecule has 1 unspecified atom stereocenters. The Bertz CT molecular complexity index is 371. The van der Waals surface area contributed by atoms with E-state index in [4.69, 9.17) is 9.47 Å². The smallest absolute Gasteiger partial charge is 0.122 e. The zero-order chi connectivity index (χ0) is 13.5. The molecule has 2 heteroatoms. The van der Waals surface area contributed by atoms with E-state index in [-0.39, 0.29) is 0 Å². The van der Waals surface area contributed by atoms with Crippen LogP contribution >= 0.6 is 0 Å². The van der Waals surface area contributed by atoms with Crippen LogP contribution in [0.2, 0.25) is 0 Å². The maximum atomic E-state index is 6.09. The number of benzene rings is 1. The molecule has 0 N–H and O–H groups in total. The Kier molecular flexibility index (Phi) is 5.71. The number of aryl methyl sites for hydroxylation is 1. The van der Waals surface area contributed by atoms with Crippen molar-refractivity contribution < 1.29 is 9.47 Å². The van der Waals surface area contributed by atoms with Crippen molar-refractivity contribution in [2.24, 2.45) is 11.8 Å². The fraction of sp³-hybridized carbons (Fsp3) is 0.647. The highest BCUT2D eigenvalue weighted by Crippen LogP contribution is 2.26. The lowest BCUT2D eigenvalue weighted by atomic mass is 9.89. The maximum absolute atomic E-state index is 6.09. The highest BCUT2D eigenvalue weighted by atomic mass is 16.5. The summed E-state index contributed by atoms with van der Waals surface area (Å²) >= 11 is 0. The van der Waals surface area contributed by atoms with Crippen molar-refractivity contribution in [3.63, 3.8) is 0 Å². The molecular weight excluding hydrogens is 236 g/mol. The van der Waals surface area contributed by atoms with Gasteiger partial charge in [0.15, 0.2) is 0 Å². The van der Waals surface area contributed by atoms with Gasteiger partial charge in [0.2, 0.25) is 0 Å². The van der Waals surface area contributed by atoms with Gasteiger partial charge in [-0.2, -0.15) is 0 Å². The summed E-state index contributed by atoms with van der Waals surface area (Å²) in [5.74, 6) is 2.41. The third kappa shape index (κ3) is 3.97. The minimum atomic E-state index is 0.632. The first-order valence-corrected chi connectivity index (χ1v) is 7.63. The molecule has 0 amide bonds. The Morgan fingerprint density at radius 3 is 2.68 bits per heavy atom. The van der Waals surface area contributed by atoms with Crippen molar-refractivity contribution in [3.8, 4) is 5.75 Å². The van der Waals surface area contributed by atoms with E-state index in [0.717, 1.165) is 32.0 Å². The van der Waals surface area contributed by atoms with Gasteiger partial charge in [0.25, 0.3) is 0 Å². The van der Waals surface area contributed by atoms with Gasteiger partial charge in [-0.15, -0.1) is 0 Å². The summed E-state index contributed by atoms with van der Waals surface area (Å²) in [7, 11) is 0. The summed E-state index contributed by atoms with van der Waals surface area (Å²) < 4.78 is 11.4. The molecule has 1 atom stereocenters. The molecule has 0 radical (unpaired) electrons. The van der Waals surface area contributed by atoms with Gasteiger partial charge >= 0.3 is 0 Å². The van der Waals surface area contributed by atoms with Crippen molar-refractivity contribution in [1.82, 2.24) is 0 Å². The van der Waals surface area contributed by atoms with Crippen LogP contribution in [0.4, 0.5) is 0 Å². The van der Waals surface area contributed by atoms with E-state index in [1.54, 1.807) is 0 Å². The highest BCUT2D eigenvalue weighted by Gasteiger charge is 2.27. The molecule has 0 aromatic heterocycles. The van der Waals surface area contributed by atoms with Crippen LogP contribution in [-0.4, -0.2) is 19.8 Å². The first kappa shape index (κ1) is 14.4. The summed E-state index contributed by atoms with van der Waals surface area (Å²) in [5.41, 5.74) is 1.35. The van der Waals surface area contributed by atoms with E-state index in [9.17, 15) is 0 Å². The molecule has 1 fully saturated rings. The van der Waals surface area contributed by atoms with Crippen LogP contribution in [0.15, 0.2) is 24.3 Å². The highest BCUT2D eigenvalue weighted by molar-refractivity contribution is 5.33. The SMILES string of the molecule is CCCCc1ccccc1OCC(CC)C1COC1. The van der Waals surface area contributed by atoms with Gasteiger partial charge in [0, 0.05) is 5.92 Å². The lowest BCUT2D eigenvalue weighted by molar-refractivity contribution is -0.0694. The van der Waals surface area contributed by atoms with E-state index >= 15 is 0 Å². The fourth-order valence-electron chi connectivity index (χ4n) is 2.53. The van der Waals surface area contributed by atoms with Gasteiger partial charge in [0.05, 0.1) is 19.8 Å². The van der Waals surface area contributed by atoms with Crippen molar-refractivity contribution >= 4 is 0 Å². The summed E-state index contributed by atoms with van der Waals surface area (Å²) in [6, 6.07) is 8.47. The van der Waals surface area contributed by atoms with Crippen LogP contribution in [0.25, 0.3) is 0 Å². The number of ether oxygens (including phenoxy) is 2. The standard InChI is InChI=1S/C17H26O2/c1-3-5-8-15-9-6-7-10-17(15)19-13-14(4-2)16-11-18-12-16/h6-7,9-10,14,16H,3-5,8,11-13H2,1-2H3. The van der Waals surface area contributed by atoms with Gasteiger partial charge in [0.1, 0.15) is 5.75 Å². The van der Waals surface area contributed by atoms with Gasteiger partial charge in [-0.1, -0.05) is 38.5 Å². The average Bonchev–Trinajstić information content (AvgIpc) is 2.39. The molecule has 1 aliphatic rings.